The fraction of sp³-hybridized carbons (Fsp3) is 0.136. The fourth-order valence-electron chi connectivity index (χ4n) is 2.16. The summed E-state index contributed by atoms with van der Waals surface area (Å²) < 4.78 is 15.2. The highest BCUT2D eigenvalue weighted by molar-refractivity contribution is 6.05. The van der Waals surface area contributed by atoms with Crippen molar-refractivity contribution < 1.29 is 28.6 Å². The van der Waals surface area contributed by atoms with Gasteiger partial charge in [-0.3, -0.25) is 14.9 Å². The number of carbonyl (C=O) groups is 3. The molecule has 0 radical (unpaired) electrons. The summed E-state index contributed by atoms with van der Waals surface area (Å²) in [6.45, 7) is 3.41. The van der Waals surface area contributed by atoms with Crippen LogP contribution in [0.1, 0.15) is 15.9 Å². The van der Waals surface area contributed by atoms with Gasteiger partial charge < -0.3 is 14.2 Å². The average molecular weight is 395 g/mol. The van der Waals surface area contributed by atoms with Crippen LogP contribution in [0.4, 0.5) is 0 Å². The Morgan fingerprint density at radius 3 is 2.28 bits per heavy atom. The van der Waals surface area contributed by atoms with E-state index < -0.39 is 24.4 Å². The summed E-state index contributed by atoms with van der Waals surface area (Å²) in [5, 5.41) is 2.14. The lowest BCUT2D eigenvalue weighted by Gasteiger charge is -2.05. The third kappa shape index (κ3) is 7.34. The topological polar surface area (TPSA) is 90.9 Å². The fourth-order valence-corrected chi connectivity index (χ4v) is 2.16. The Morgan fingerprint density at radius 1 is 1.00 bits per heavy atom. The Labute approximate surface area is 168 Å². The molecule has 150 valence electrons. The van der Waals surface area contributed by atoms with Gasteiger partial charge in [0.15, 0.2) is 6.61 Å². The van der Waals surface area contributed by atoms with Crippen LogP contribution in [0.5, 0.6) is 11.5 Å². The number of hydrogen-bond donors (Lipinski definition) is 1. The second kappa shape index (κ2) is 11.1. The highest BCUT2D eigenvalue weighted by Crippen LogP contribution is 2.13. The van der Waals surface area contributed by atoms with Crippen LogP contribution in [0.25, 0.3) is 6.08 Å². The molecule has 2 rings (SSSR count). The second-order valence-electron chi connectivity index (χ2n) is 5.72. The molecule has 0 spiro atoms. The van der Waals surface area contributed by atoms with Crippen LogP contribution in [0.15, 0.2) is 67.3 Å². The Bertz CT molecular complexity index is 885. The molecule has 0 aliphatic heterocycles. The number of amides is 2. The molecule has 0 unspecified atom stereocenters. The minimum absolute atomic E-state index is 0.283. The molecule has 2 amide bonds. The van der Waals surface area contributed by atoms with E-state index in [1.165, 1.54) is 25.3 Å². The lowest BCUT2D eigenvalue weighted by Crippen LogP contribution is -2.34. The number of imide groups is 1. The van der Waals surface area contributed by atoms with Crippen LogP contribution in [0.3, 0.4) is 0 Å². The summed E-state index contributed by atoms with van der Waals surface area (Å²) in [6.07, 6.45) is 4.38. The van der Waals surface area contributed by atoms with Crippen LogP contribution in [0, 0.1) is 0 Å². The molecule has 29 heavy (non-hydrogen) atoms. The van der Waals surface area contributed by atoms with Crippen molar-refractivity contribution in [2.75, 3.05) is 20.3 Å². The van der Waals surface area contributed by atoms with Gasteiger partial charge in [0.05, 0.1) is 7.11 Å². The van der Waals surface area contributed by atoms with Crippen molar-refractivity contribution >= 4 is 23.9 Å². The molecule has 1 N–H and O–H groups in total. The minimum Gasteiger partial charge on any atom is -0.497 e. The van der Waals surface area contributed by atoms with E-state index >= 15 is 0 Å². The number of esters is 1. The Balaban J connectivity index is 1.77. The molecule has 0 fully saturated rings. The van der Waals surface area contributed by atoms with Crippen LogP contribution < -0.4 is 14.8 Å². The minimum atomic E-state index is -0.726. The molecule has 0 bridgehead atoms. The molecule has 0 aliphatic carbocycles. The SMILES string of the molecule is C=CCOc1ccc(/C=C/C(=O)OCC(=O)NC(=O)c2ccc(OC)cc2)cc1. The maximum atomic E-state index is 12.0. The van der Waals surface area contributed by atoms with Crippen molar-refractivity contribution in [1.29, 1.82) is 0 Å². The van der Waals surface area contributed by atoms with Gasteiger partial charge in [-0.15, -0.1) is 0 Å². The first-order valence-corrected chi connectivity index (χ1v) is 8.68. The molecule has 7 nitrogen and oxygen atoms in total. The largest absolute Gasteiger partial charge is 0.497 e. The van der Waals surface area contributed by atoms with Gasteiger partial charge in [-0.25, -0.2) is 4.79 Å². The first-order valence-electron chi connectivity index (χ1n) is 8.68. The number of ether oxygens (including phenoxy) is 3. The van der Waals surface area contributed by atoms with Crippen LogP contribution in [-0.2, 0) is 14.3 Å². The smallest absolute Gasteiger partial charge is 0.331 e. The van der Waals surface area contributed by atoms with Gasteiger partial charge in [-0.2, -0.15) is 0 Å². The van der Waals surface area contributed by atoms with E-state index in [4.69, 9.17) is 14.2 Å². The van der Waals surface area contributed by atoms with Crippen LogP contribution in [0.2, 0.25) is 0 Å². The highest BCUT2D eigenvalue weighted by atomic mass is 16.5. The van der Waals surface area contributed by atoms with Crippen molar-refractivity contribution in [1.82, 2.24) is 5.32 Å². The molecule has 0 aliphatic rings. The first kappa shape index (κ1) is 21.4. The number of benzene rings is 2. The van der Waals surface area contributed by atoms with Gasteiger partial charge in [0.1, 0.15) is 18.1 Å². The molecule has 0 saturated heterocycles. The normalized spacial score (nSPS) is 10.2. The molecular weight excluding hydrogens is 374 g/mol. The number of rotatable bonds is 9. The second-order valence-corrected chi connectivity index (χ2v) is 5.72. The van der Waals surface area contributed by atoms with Gasteiger partial charge in [-0.1, -0.05) is 24.8 Å². The summed E-state index contributed by atoms with van der Waals surface area (Å²) in [5.41, 5.74) is 1.04. The predicted octanol–water partition coefficient (Wildman–Crippen LogP) is 2.77. The standard InChI is InChI=1S/C22H21NO6/c1-3-14-28-19-9-4-16(5-10-19)6-13-21(25)29-15-20(24)23-22(26)17-7-11-18(27-2)12-8-17/h3-13H,1,14-15H2,2H3,(H,23,24,26)/b13-6+. The summed E-state index contributed by atoms with van der Waals surface area (Å²) in [4.78, 5) is 35.5. The van der Waals surface area contributed by atoms with Crippen molar-refractivity contribution in [2.24, 2.45) is 0 Å². The van der Waals surface area contributed by atoms with Gasteiger partial charge in [-0.05, 0) is 48.0 Å². The van der Waals surface area contributed by atoms with E-state index in [1.807, 2.05) is 0 Å². The number of methoxy groups -OCH3 is 1. The quantitative estimate of drug-likeness (QED) is 0.399. The van der Waals surface area contributed by atoms with Crippen molar-refractivity contribution in [3.63, 3.8) is 0 Å². The molecule has 0 saturated carbocycles. The number of nitrogens with one attached hydrogen (secondary N) is 1. The lowest BCUT2D eigenvalue weighted by atomic mass is 10.2. The first-order chi connectivity index (χ1) is 14.0. The summed E-state index contributed by atoms with van der Waals surface area (Å²) in [7, 11) is 1.51. The third-order valence-corrected chi connectivity index (χ3v) is 3.61. The summed E-state index contributed by atoms with van der Waals surface area (Å²) in [5.74, 6) is -0.751. The van der Waals surface area contributed by atoms with Crippen molar-refractivity contribution in [3.8, 4) is 11.5 Å². The Morgan fingerprint density at radius 2 is 1.66 bits per heavy atom. The molecule has 7 heteroatoms. The Hall–Kier alpha value is -3.87. The molecule has 2 aromatic rings. The third-order valence-electron chi connectivity index (χ3n) is 3.61. The zero-order valence-corrected chi connectivity index (χ0v) is 15.9. The lowest BCUT2D eigenvalue weighted by molar-refractivity contribution is -0.143. The molecule has 0 heterocycles. The summed E-state index contributed by atoms with van der Waals surface area (Å²) in [6, 6.07) is 13.3. The van der Waals surface area contributed by atoms with Crippen LogP contribution >= 0.6 is 0 Å². The van der Waals surface area contributed by atoms with Gasteiger partial charge in [0.2, 0.25) is 0 Å². The number of hydrogen-bond acceptors (Lipinski definition) is 6. The molecular formula is C22H21NO6. The van der Waals surface area contributed by atoms with Crippen LogP contribution in [-0.4, -0.2) is 38.1 Å². The monoisotopic (exact) mass is 395 g/mol. The average Bonchev–Trinajstić information content (AvgIpc) is 2.75. The molecule has 2 aromatic carbocycles. The zero-order valence-electron chi connectivity index (χ0n) is 15.9. The molecule has 0 aromatic heterocycles. The summed E-state index contributed by atoms with van der Waals surface area (Å²) >= 11 is 0. The maximum absolute atomic E-state index is 12.0. The highest BCUT2D eigenvalue weighted by Gasteiger charge is 2.12. The maximum Gasteiger partial charge on any atom is 0.331 e. The van der Waals surface area contributed by atoms with E-state index in [0.29, 0.717) is 18.1 Å². The van der Waals surface area contributed by atoms with Crippen molar-refractivity contribution in [3.05, 3.63) is 78.4 Å². The van der Waals surface area contributed by atoms with E-state index in [9.17, 15) is 14.4 Å². The Kier molecular flexibility index (Phi) is 8.19. The zero-order chi connectivity index (χ0) is 21.1. The van der Waals surface area contributed by atoms with E-state index in [0.717, 1.165) is 5.56 Å². The van der Waals surface area contributed by atoms with E-state index in [1.54, 1.807) is 48.6 Å². The van der Waals surface area contributed by atoms with Crippen molar-refractivity contribution in [2.45, 2.75) is 0 Å². The van der Waals surface area contributed by atoms with Gasteiger partial charge in [0.25, 0.3) is 11.8 Å². The van der Waals surface area contributed by atoms with Gasteiger partial charge in [0, 0.05) is 11.6 Å². The predicted molar refractivity (Wildman–Crippen MR) is 108 cm³/mol. The number of carbonyl (C=O) groups excluding carboxylic acids is 3. The van der Waals surface area contributed by atoms with E-state index in [-0.39, 0.29) is 5.56 Å². The van der Waals surface area contributed by atoms with Gasteiger partial charge >= 0.3 is 5.97 Å². The van der Waals surface area contributed by atoms with E-state index in [2.05, 4.69) is 11.9 Å². The molecule has 0 atom stereocenters.